The highest BCUT2D eigenvalue weighted by molar-refractivity contribution is 9.09. The molecular formula is C13H19BrO2. The number of rotatable bonds is 4. The predicted octanol–water partition coefficient (Wildman–Crippen LogP) is 3.77. The van der Waals surface area contributed by atoms with Gasteiger partial charge < -0.3 is 9.47 Å². The first-order chi connectivity index (χ1) is 7.50. The van der Waals surface area contributed by atoms with Crippen molar-refractivity contribution in [2.24, 2.45) is 0 Å². The highest BCUT2D eigenvalue weighted by Gasteiger charge is 2.21. The van der Waals surface area contributed by atoms with Gasteiger partial charge in [-0.2, -0.15) is 0 Å². The van der Waals surface area contributed by atoms with E-state index in [0.29, 0.717) is 6.61 Å². The fourth-order valence-corrected chi connectivity index (χ4v) is 1.72. The summed E-state index contributed by atoms with van der Waals surface area (Å²) in [6.07, 6.45) is 0. The van der Waals surface area contributed by atoms with Gasteiger partial charge in [0.25, 0.3) is 0 Å². The van der Waals surface area contributed by atoms with Gasteiger partial charge in [0.15, 0.2) is 11.5 Å². The number of methoxy groups -OCH3 is 1. The van der Waals surface area contributed by atoms with E-state index >= 15 is 0 Å². The number of alkyl halides is 1. The summed E-state index contributed by atoms with van der Waals surface area (Å²) in [7, 11) is 1.67. The molecule has 0 radical (unpaired) electrons. The van der Waals surface area contributed by atoms with Crippen molar-refractivity contribution in [1.82, 2.24) is 0 Å². The molecule has 0 atom stereocenters. The third kappa shape index (κ3) is 3.14. The lowest BCUT2D eigenvalue weighted by atomic mass is 9.86. The maximum Gasteiger partial charge on any atom is 0.164 e. The largest absolute Gasteiger partial charge is 0.493 e. The summed E-state index contributed by atoms with van der Waals surface area (Å²) in [5.41, 5.74) is 1.23. The van der Waals surface area contributed by atoms with Crippen LogP contribution in [-0.2, 0) is 5.41 Å². The Bertz CT molecular complexity index is 342. The zero-order valence-corrected chi connectivity index (χ0v) is 11.9. The number of hydrogen-bond acceptors (Lipinski definition) is 2. The lowest BCUT2D eigenvalue weighted by Crippen LogP contribution is -2.14. The third-order valence-electron chi connectivity index (χ3n) is 2.33. The van der Waals surface area contributed by atoms with Crippen LogP contribution in [0.5, 0.6) is 11.5 Å². The van der Waals surface area contributed by atoms with Crippen LogP contribution in [0.25, 0.3) is 0 Å². The van der Waals surface area contributed by atoms with Gasteiger partial charge in [-0.15, -0.1) is 0 Å². The SMILES string of the molecule is COc1cccc(C(C)(C)C)c1OCCBr. The zero-order chi connectivity index (χ0) is 12.2. The van der Waals surface area contributed by atoms with E-state index in [0.717, 1.165) is 16.8 Å². The van der Waals surface area contributed by atoms with Gasteiger partial charge in [-0.25, -0.2) is 0 Å². The highest BCUT2D eigenvalue weighted by atomic mass is 79.9. The van der Waals surface area contributed by atoms with Crippen LogP contribution in [0.4, 0.5) is 0 Å². The third-order valence-corrected chi connectivity index (χ3v) is 2.65. The molecule has 0 N–H and O–H groups in total. The van der Waals surface area contributed by atoms with Gasteiger partial charge in [0.05, 0.1) is 13.7 Å². The second-order valence-electron chi connectivity index (χ2n) is 4.62. The van der Waals surface area contributed by atoms with Crippen LogP contribution in [0.1, 0.15) is 26.3 Å². The standard InChI is InChI=1S/C13H19BrO2/c1-13(2,3)10-6-5-7-11(15-4)12(10)16-9-8-14/h5-7H,8-9H2,1-4H3. The van der Waals surface area contributed by atoms with Gasteiger partial charge in [-0.05, 0) is 11.5 Å². The number of hydrogen-bond donors (Lipinski definition) is 0. The van der Waals surface area contributed by atoms with Crippen LogP contribution in [0.3, 0.4) is 0 Å². The second kappa shape index (κ2) is 5.58. The Morgan fingerprint density at radius 2 is 1.94 bits per heavy atom. The lowest BCUT2D eigenvalue weighted by Gasteiger charge is -2.24. The number of benzene rings is 1. The van der Waals surface area contributed by atoms with E-state index in [1.54, 1.807) is 7.11 Å². The van der Waals surface area contributed by atoms with Crippen LogP contribution >= 0.6 is 15.9 Å². The molecule has 0 saturated heterocycles. The van der Waals surface area contributed by atoms with Crippen LogP contribution in [0.15, 0.2) is 18.2 Å². The summed E-state index contributed by atoms with van der Waals surface area (Å²) in [6, 6.07) is 6.02. The van der Waals surface area contributed by atoms with Gasteiger partial charge in [0, 0.05) is 10.9 Å². The van der Waals surface area contributed by atoms with E-state index in [1.807, 2.05) is 12.1 Å². The Hall–Kier alpha value is -0.700. The normalized spacial score (nSPS) is 11.3. The van der Waals surface area contributed by atoms with Crippen molar-refractivity contribution >= 4 is 15.9 Å². The molecule has 0 spiro atoms. The first-order valence-electron chi connectivity index (χ1n) is 5.37. The van der Waals surface area contributed by atoms with Crippen LogP contribution in [0, 0.1) is 0 Å². The molecule has 90 valence electrons. The average Bonchev–Trinajstić information content (AvgIpc) is 2.24. The van der Waals surface area contributed by atoms with Crippen molar-refractivity contribution in [1.29, 1.82) is 0 Å². The molecule has 0 aliphatic heterocycles. The second-order valence-corrected chi connectivity index (χ2v) is 5.42. The van der Waals surface area contributed by atoms with E-state index < -0.39 is 0 Å². The quantitative estimate of drug-likeness (QED) is 0.785. The number of para-hydroxylation sites is 1. The minimum atomic E-state index is 0.0518. The molecule has 0 heterocycles. The fourth-order valence-electron chi connectivity index (χ4n) is 1.56. The summed E-state index contributed by atoms with van der Waals surface area (Å²) in [6.45, 7) is 7.15. The van der Waals surface area contributed by atoms with Gasteiger partial charge in [0.1, 0.15) is 0 Å². The molecule has 1 aromatic carbocycles. The Labute approximate surface area is 106 Å². The van der Waals surface area contributed by atoms with Crippen molar-refractivity contribution in [2.75, 3.05) is 19.0 Å². The Morgan fingerprint density at radius 3 is 2.44 bits per heavy atom. The molecule has 0 aliphatic rings. The predicted molar refractivity (Wildman–Crippen MR) is 71.0 cm³/mol. The van der Waals surface area contributed by atoms with Gasteiger partial charge in [-0.3, -0.25) is 0 Å². The molecule has 0 amide bonds. The fraction of sp³-hybridized carbons (Fsp3) is 0.538. The molecule has 0 unspecified atom stereocenters. The topological polar surface area (TPSA) is 18.5 Å². The minimum absolute atomic E-state index is 0.0518. The van der Waals surface area contributed by atoms with Crippen molar-refractivity contribution in [3.05, 3.63) is 23.8 Å². The number of ether oxygens (including phenoxy) is 2. The lowest BCUT2D eigenvalue weighted by molar-refractivity contribution is 0.305. The molecule has 0 bridgehead atoms. The van der Waals surface area contributed by atoms with Crippen LogP contribution < -0.4 is 9.47 Å². The van der Waals surface area contributed by atoms with E-state index in [9.17, 15) is 0 Å². The maximum absolute atomic E-state index is 5.76. The first-order valence-corrected chi connectivity index (χ1v) is 6.49. The molecule has 0 aliphatic carbocycles. The van der Waals surface area contributed by atoms with Crippen molar-refractivity contribution in [3.63, 3.8) is 0 Å². The summed E-state index contributed by atoms with van der Waals surface area (Å²) < 4.78 is 11.1. The molecule has 2 nitrogen and oxygen atoms in total. The molecule has 3 heteroatoms. The molecule has 0 fully saturated rings. The van der Waals surface area contributed by atoms with Crippen molar-refractivity contribution in [3.8, 4) is 11.5 Å². The molecule has 16 heavy (non-hydrogen) atoms. The van der Waals surface area contributed by atoms with Gasteiger partial charge in [0.2, 0.25) is 0 Å². The summed E-state index contributed by atoms with van der Waals surface area (Å²) in [4.78, 5) is 0. The first kappa shape index (κ1) is 13.4. The van der Waals surface area contributed by atoms with Gasteiger partial charge >= 0.3 is 0 Å². The molecular weight excluding hydrogens is 268 g/mol. The average molecular weight is 287 g/mol. The van der Waals surface area contributed by atoms with E-state index in [2.05, 4.69) is 42.8 Å². The van der Waals surface area contributed by atoms with E-state index in [1.165, 1.54) is 5.56 Å². The Kier molecular flexibility index (Phi) is 4.66. The summed E-state index contributed by atoms with van der Waals surface area (Å²) in [5.74, 6) is 1.66. The van der Waals surface area contributed by atoms with E-state index in [4.69, 9.17) is 9.47 Å². The highest BCUT2D eigenvalue weighted by Crippen LogP contribution is 2.38. The summed E-state index contributed by atoms with van der Waals surface area (Å²) in [5, 5.41) is 0.814. The van der Waals surface area contributed by atoms with Crippen molar-refractivity contribution < 1.29 is 9.47 Å². The van der Waals surface area contributed by atoms with Gasteiger partial charge in [-0.1, -0.05) is 48.8 Å². The monoisotopic (exact) mass is 286 g/mol. The Morgan fingerprint density at radius 1 is 1.25 bits per heavy atom. The zero-order valence-electron chi connectivity index (χ0n) is 10.3. The maximum atomic E-state index is 5.76. The van der Waals surface area contributed by atoms with Crippen molar-refractivity contribution in [2.45, 2.75) is 26.2 Å². The summed E-state index contributed by atoms with van der Waals surface area (Å²) >= 11 is 3.36. The molecule has 0 aromatic heterocycles. The van der Waals surface area contributed by atoms with E-state index in [-0.39, 0.29) is 5.41 Å². The Balaban J connectivity index is 3.15. The number of halogens is 1. The molecule has 1 aromatic rings. The van der Waals surface area contributed by atoms with Crippen LogP contribution in [0.2, 0.25) is 0 Å². The smallest absolute Gasteiger partial charge is 0.164 e. The molecule has 1 rings (SSSR count). The minimum Gasteiger partial charge on any atom is -0.493 e. The van der Waals surface area contributed by atoms with Crippen LogP contribution in [-0.4, -0.2) is 19.0 Å². The molecule has 0 saturated carbocycles.